The summed E-state index contributed by atoms with van der Waals surface area (Å²) in [5.41, 5.74) is 2.30. The Balaban J connectivity index is 1.95. The second-order valence-electron chi connectivity index (χ2n) is 4.46. The van der Waals surface area contributed by atoms with Crippen molar-refractivity contribution in [1.82, 2.24) is 0 Å². The molecule has 0 amide bonds. The van der Waals surface area contributed by atoms with Gasteiger partial charge >= 0.3 is 0 Å². The topological polar surface area (TPSA) is 21.6 Å². The lowest BCUT2D eigenvalue weighted by Gasteiger charge is -2.26. The first-order valence-electron chi connectivity index (χ1n) is 6.23. The molecule has 3 heteroatoms. The van der Waals surface area contributed by atoms with Gasteiger partial charge in [-0.1, -0.05) is 30.3 Å². The number of aliphatic imine (C=N–C) groups is 1. The fourth-order valence-electron chi connectivity index (χ4n) is 2.14. The summed E-state index contributed by atoms with van der Waals surface area (Å²) >= 11 is 5.85. The first-order valence-corrected chi connectivity index (χ1v) is 6.77. The molecule has 0 radical (unpaired) electrons. The maximum atomic E-state index is 5.98. The number of nitrogens with zero attached hydrogens (tertiary/aromatic N) is 1. The van der Waals surface area contributed by atoms with Crippen molar-refractivity contribution in [3.05, 3.63) is 48.2 Å². The minimum atomic E-state index is 0.0847. The third-order valence-corrected chi connectivity index (χ3v) is 3.41. The largest absolute Gasteiger partial charge is 0.369 e. The summed E-state index contributed by atoms with van der Waals surface area (Å²) in [5.74, 6) is 0.938. The van der Waals surface area contributed by atoms with Crippen molar-refractivity contribution in [1.29, 1.82) is 0 Å². The first-order chi connectivity index (χ1) is 8.81. The van der Waals surface area contributed by atoms with Crippen molar-refractivity contribution >= 4 is 17.3 Å². The quantitative estimate of drug-likeness (QED) is 0.741. The maximum absolute atomic E-state index is 5.98. The molecule has 2 rings (SSSR count). The lowest BCUT2D eigenvalue weighted by atomic mass is 9.93. The highest BCUT2D eigenvalue weighted by Crippen LogP contribution is 2.22. The van der Waals surface area contributed by atoms with E-state index in [0.717, 1.165) is 12.1 Å². The van der Waals surface area contributed by atoms with E-state index in [4.69, 9.17) is 16.3 Å². The van der Waals surface area contributed by atoms with E-state index in [2.05, 4.69) is 17.1 Å². The molecule has 0 aromatic heterocycles. The fraction of sp³-hybridized carbons (Fsp3) is 0.400. The average molecular weight is 264 g/mol. The van der Waals surface area contributed by atoms with Gasteiger partial charge in [-0.05, 0) is 25.0 Å². The molecule has 18 heavy (non-hydrogen) atoms. The van der Waals surface area contributed by atoms with Crippen LogP contribution in [0.5, 0.6) is 0 Å². The summed E-state index contributed by atoms with van der Waals surface area (Å²) in [6.45, 7) is 2.67. The molecule has 1 aromatic carbocycles. The fourth-order valence-corrected chi connectivity index (χ4v) is 2.38. The first kappa shape index (κ1) is 13.3. The van der Waals surface area contributed by atoms with Gasteiger partial charge in [-0.2, -0.15) is 0 Å². The molecule has 2 atom stereocenters. The minimum absolute atomic E-state index is 0.0847. The van der Waals surface area contributed by atoms with E-state index in [9.17, 15) is 0 Å². The predicted molar refractivity (Wildman–Crippen MR) is 76.1 cm³/mol. The van der Waals surface area contributed by atoms with E-state index in [1.165, 1.54) is 5.56 Å². The van der Waals surface area contributed by atoms with Gasteiger partial charge in [0.1, 0.15) is 0 Å². The van der Waals surface area contributed by atoms with Gasteiger partial charge in [-0.3, -0.25) is 4.99 Å². The summed E-state index contributed by atoms with van der Waals surface area (Å²) in [6.07, 6.45) is 4.84. The third kappa shape index (κ3) is 3.44. The number of rotatable bonds is 5. The Morgan fingerprint density at radius 3 is 2.78 bits per heavy atom. The summed E-state index contributed by atoms with van der Waals surface area (Å²) in [7, 11) is 0. The van der Waals surface area contributed by atoms with Gasteiger partial charge in [0, 0.05) is 23.7 Å². The van der Waals surface area contributed by atoms with Gasteiger partial charge in [0.2, 0.25) is 0 Å². The van der Waals surface area contributed by atoms with E-state index in [0.29, 0.717) is 18.4 Å². The Hall–Kier alpha value is -1.12. The number of ether oxygens (including phenoxy) is 1. The van der Waals surface area contributed by atoms with Crippen LogP contribution in [0.4, 0.5) is 0 Å². The molecule has 1 aromatic rings. The molecule has 2 unspecified atom stereocenters. The van der Waals surface area contributed by atoms with Crippen molar-refractivity contribution in [2.75, 3.05) is 5.88 Å². The van der Waals surface area contributed by atoms with Gasteiger partial charge in [0.05, 0.1) is 12.7 Å². The number of halogens is 1. The standard InChI is InChI=1S/C15H18ClNO/c1-12-14(7-9-16)15(8-10-17-12)18-11-13-5-3-2-4-6-13/h2-6,8,10,14-15H,7,9,11H2,1H3. The molecule has 0 spiro atoms. The number of hydrogen-bond acceptors (Lipinski definition) is 2. The predicted octanol–water partition coefficient (Wildman–Crippen LogP) is 3.81. The molecule has 0 aliphatic carbocycles. The van der Waals surface area contributed by atoms with Crippen LogP contribution < -0.4 is 0 Å². The van der Waals surface area contributed by atoms with Crippen LogP contribution in [0.2, 0.25) is 0 Å². The molecule has 0 saturated carbocycles. The van der Waals surface area contributed by atoms with Gasteiger partial charge in [0.25, 0.3) is 0 Å². The van der Waals surface area contributed by atoms with Crippen molar-refractivity contribution < 1.29 is 4.74 Å². The molecule has 1 heterocycles. The Kier molecular flexibility index (Phi) is 4.97. The van der Waals surface area contributed by atoms with E-state index in [-0.39, 0.29) is 6.10 Å². The minimum Gasteiger partial charge on any atom is -0.369 e. The maximum Gasteiger partial charge on any atom is 0.0858 e. The van der Waals surface area contributed by atoms with Crippen molar-refractivity contribution in [2.45, 2.75) is 26.1 Å². The summed E-state index contributed by atoms with van der Waals surface area (Å²) in [5, 5.41) is 0. The second kappa shape index (κ2) is 6.72. The van der Waals surface area contributed by atoms with Crippen LogP contribution in [-0.2, 0) is 11.3 Å². The zero-order chi connectivity index (χ0) is 12.8. The van der Waals surface area contributed by atoms with Crippen LogP contribution in [0.1, 0.15) is 18.9 Å². The highest BCUT2D eigenvalue weighted by molar-refractivity contribution is 6.18. The van der Waals surface area contributed by atoms with Gasteiger partial charge in [0.15, 0.2) is 0 Å². The lowest BCUT2D eigenvalue weighted by molar-refractivity contribution is 0.0485. The summed E-state index contributed by atoms with van der Waals surface area (Å²) < 4.78 is 5.98. The molecule has 0 N–H and O–H groups in total. The van der Waals surface area contributed by atoms with E-state index >= 15 is 0 Å². The van der Waals surface area contributed by atoms with Crippen LogP contribution in [-0.4, -0.2) is 17.7 Å². The monoisotopic (exact) mass is 263 g/mol. The molecule has 0 fully saturated rings. The van der Waals surface area contributed by atoms with Gasteiger partial charge in [-0.15, -0.1) is 11.6 Å². The van der Waals surface area contributed by atoms with E-state index in [1.54, 1.807) is 0 Å². The van der Waals surface area contributed by atoms with Crippen molar-refractivity contribution in [3.8, 4) is 0 Å². The second-order valence-corrected chi connectivity index (χ2v) is 4.84. The van der Waals surface area contributed by atoms with E-state index < -0.39 is 0 Å². The Morgan fingerprint density at radius 2 is 2.06 bits per heavy atom. The molecule has 96 valence electrons. The molecule has 1 aliphatic rings. The Labute approximate surface area is 113 Å². The normalized spacial score (nSPS) is 22.9. The molecule has 1 aliphatic heterocycles. The molecule has 2 nitrogen and oxygen atoms in total. The molecular formula is C15H18ClNO. The number of alkyl halides is 1. The van der Waals surface area contributed by atoms with Crippen LogP contribution in [0, 0.1) is 5.92 Å². The van der Waals surface area contributed by atoms with Crippen LogP contribution in [0.25, 0.3) is 0 Å². The number of benzene rings is 1. The van der Waals surface area contributed by atoms with Crippen LogP contribution in [0.15, 0.2) is 47.6 Å². The summed E-state index contributed by atoms with van der Waals surface area (Å²) in [4.78, 5) is 4.33. The summed E-state index contributed by atoms with van der Waals surface area (Å²) in [6, 6.07) is 10.2. The zero-order valence-corrected chi connectivity index (χ0v) is 11.3. The van der Waals surface area contributed by atoms with Crippen LogP contribution in [0.3, 0.4) is 0 Å². The molecule has 0 saturated heterocycles. The lowest BCUT2D eigenvalue weighted by Crippen LogP contribution is -2.30. The van der Waals surface area contributed by atoms with Crippen molar-refractivity contribution in [3.63, 3.8) is 0 Å². The van der Waals surface area contributed by atoms with Crippen molar-refractivity contribution in [2.24, 2.45) is 10.9 Å². The van der Waals surface area contributed by atoms with Gasteiger partial charge in [-0.25, -0.2) is 0 Å². The third-order valence-electron chi connectivity index (χ3n) is 3.19. The van der Waals surface area contributed by atoms with Crippen LogP contribution >= 0.6 is 11.6 Å². The van der Waals surface area contributed by atoms with Gasteiger partial charge < -0.3 is 4.74 Å². The SMILES string of the molecule is CC1=NC=CC(OCc2ccccc2)C1CCCl. The smallest absolute Gasteiger partial charge is 0.0858 e. The highest BCUT2D eigenvalue weighted by atomic mass is 35.5. The van der Waals surface area contributed by atoms with E-state index in [1.807, 2.05) is 37.4 Å². The Bertz CT molecular complexity index is 427. The average Bonchev–Trinajstić information content (AvgIpc) is 2.41. The molecule has 0 bridgehead atoms. The number of hydrogen-bond donors (Lipinski definition) is 0. The Morgan fingerprint density at radius 1 is 1.28 bits per heavy atom. The highest BCUT2D eigenvalue weighted by Gasteiger charge is 2.24. The zero-order valence-electron chi connectivity index (χ0n) is 10.6. The molecular weight excluding hydrogens is 246 g/mol.